The second-order valence-corrected chi connectivity index (χ2v) is 12.5. The van der Waals surface area contributed by atoms with Crippen molar-refractivity contribution in [3.05, 3.63) is 95.1 Å². The Morgan fingerprint density at radius 3 is 2.14 bits per heavy atom. The number of phenols is 1. The third-order valence-electron chi connectivity index (χ3n) is 7.34. The number of phenolic OH excluding ortho intramolecular Hbond substituents is 1. The lowest BCUT2D eigenvalue weighted by molar-refractivity contribution is 0.0528. The molecule has 3 aromatic rings. The third kappa shape index (κ3) is 10.7. The van der Waals surface area contributed by atoms with Crippen molar-refractivity contribution in [2.75, 3.05) is 19.7 Å². The maximum Gasteiger partial charge on any atom is 0.407 e. The highest BCUT2D eigenvalue weighted by Crippen LogP contribution is 2.35. The number of hydrogen-bond donors (Lipinski definition) is 2. The Labute approximate surface area is 253 Å². The lowest BCUT2D eigenvalue weighted by Gasteiger charge is -2.32. The van der Waals surface area contributed by atoms with E-state index in [9.17, 15) is 9.90 Å². The Morgan fingerprint density at radius 1 is 0.881 bits per heavy atom. The molecule has 0 fully saturated rings. The number of nitrogens with zero attached hydrogens (tertiary/aromatic N) is 1. The van der Waals surface area contributed by atoms with E-state index < -0.39 is 11.7 Å². The first-order valence-corrected chi connectivity index (χ1v) is 15.2. The molecule has 0 aromatic heterocycles. The molecule has 6 heteroatoms. The first kappa shape index (κ1) is 33.0. The molecular weight excluding hydrogens is 524 g/mol. The number of hydrogen-bond acceptors (Lipinski definition) is 5. The molecule has 3 aromatic carbocycles. The van der Waals surface area contributed by atoms with Gasteiger partial charge in [-0.15, -0.1) is 0 Å². The van der Waals surface area contributed by atoms with Gasteiger partial charge in [-0.3, -0.25) is 4.90 Å². The van der Waals surface area contributed by atoms with E-state index in [0.29, 0.717) is 37.4 Å². The summed E-state index contributed by atoms with van der Waals surface area (Å²) in [5.41, 5.74) is 3.93. The quantitative estimate of drug-likeness (QED) is 0.206. The summed E-state index contributed by atoms with van der Waals surface area (Å²) in [6.07, 6.45) is 1.97. The molecule has 1 amide bonds. The standard InChI is InChI=1S/C36H50N2O4/c1-26(2)38(27(3)4)23-20-32(30-11-9-8-10-12-30)33-25-29(15-18-34(33)39)21-24-41-31-16-13-28(14-17-31)19-22-37-35(40)42-36(5,6)7/h8-18,25-27,32,39H,19-24H2,1-7H3,(H,37,40)/t32-/m1/s1. The highest BCUT2D eigenvalue weighted by molar-refractivity contribution is 5.67. The predicted molar refractivity (Wildman–Crippen MR) is 172 cm³/mol. The molecule has 228 valence electrons. The van der Waals surface area contributed by atoms with Crippen LogP contribution in [0.3, 0.4) is 0 Å². The Morgan fingerprint density at radius 2 is 1.52 bits per heavy atom. The lowest BCUT2D eigenvalue weighted by atomic mass is 9.86. The molecule has 3 rings (SSSR count). The largest absolute Gasteiger partial charge is 0.508 e. The number of ether oxygens (including phenoxy) is 2. The topological polar surface area (TPSA) is 71.0 Å². The van der Waals surface area contributed by atoms with Gasteiger partial charge in [-0.2, -0.15) is 0 Å². The smallest absolute Gasteiger partial charge is 0.407 e. The van der Waals surface area contributed by atoms with Crippen molar-refractivity contribution < 1.29 is 19.4 Å². The molecule has 0 aliphatic heterocycles. The van der Waals surface area contributed by atoms with E-state index in [-0.39, 0.29) is 5.92 Å². The molecule has 0 unspecified atom stereocenters. The van der Waals surface area contributed by atoms with Gasteiger partial charge < -0.3 is 19.9 Å². The van der Waals surface area contributed by atoms with Crippen molar-refractivity contribution in [1.82, 2.24) is 10.2 Å². The van der Waals surface area contributed by atoms with Crippen LogP contribution in [-0.2, 0) is 17.6 Å². The first-order chi connectivity index (χ1) is 19.9. The first-order valence-electron chi connectivity index (χ1n) is 15.2. The summed E-state index contributed by atoms with van der Waals surface area (Å²) in [4.78, 5) is 14.3. The average molecular weight is 575 g/mol. The second-order valence-electron chi connectivity index (χ2n) is 12.5. The van der Waals surface area contributed by atoms with Gasteiger partial charge in [0, 0.05) is 36.5 Å². The molecule has 1 atom stereocenters. The van der Waals surface area contributed by atoms with Gasteiger partial charge in [0.25, 0.3) is 0 Å². The molecule has 42 heavy (non-hydrogen) atoms. The molecular formula is C36H50N2O4. The minimum absolute atomic E-state index is 0.101. The Bertz CT molecular complexity index is 1230. The fourth-order valence-electron chi connectivity index (χ4n) is 5.28. The number of carbonyl (C=O) groups excluding carboxylic acids is 1. The van der Waals surface area contributed by atoms with E-state index in [1.54, 1.807) is 0 Å². The predicted octanol–water partition coefficient (Wildman–Crippen LogP) is 7.72. The second kappa shape index (κ2) is 15.6. The van der Waals surface area contributed by atoms with E-state index in [1.165, 1.54) is 5.56 Å². The van der Waals surface area contributed by atoms with Gasteiger partial charge in [0.1, 0.15) is 17.1 Å². The van der Waals surface area contributed by atoms with Crippen molar-refractivity contribution in [1.29, 1.82) is 0 Å². The molecule has 0 spiro atoms. The van der Waals surface area contributed by atoms with Crippen molar-refractivity contribution in [2.45, 2.75) is 91.3 Å². The molecule has 0 aliphatic rings. The molecule has 0 heterocycles. The van der Waals surface area contributed by atoms with Crippen molar-refractivity contribution in [2.24, 2.45) is 0 Å². The highest BCUT2D eigenvalue weighted by Gasteiger charge is 2.22. The molecule has 0 bridgehead atoms. The third-order valence-corrected chi connectivity index (χ3v) is 7.34. The van der Waals surface area contributed by atoms with Gasteiger partial charge >= 0.3 is 6.09 Å². The average Bonchev–Trinajstić information content (AvgIpc) is 2.92. The fourth-order valence-corrected chi connectivity index (χ4v) is 5.28. The Balaban J connectivity index is 1.59. The van der Waals surface area contributed by atoms with E-state index in [0.717, 1.165) is 41.8 Å². The number of alkyl carbamates (subject to hydrolysis) is 1. The van der Waals surface area contributed by atoms with Gasteiger partial charge in [0.2, 0.25) is 0 Å². The van der Waals surface area contributed by atoms with Gasteiger partial charge in [-0.05, 0) is 103 Å². The van der Waals surface area contributed by atoms with Crippen LogP contribution >= 0.6 is 0 Å². The van der Waals surface area contributed by atoms with E-state index in [2.05, 4.69) is 68.2 Å². The molecule has 6 nitrogen and oxygen atoms in total. The van der Waals surface area contributed by atoms with E-state index in [1.807, 2.05) is 63.2 Å². The van der Waals surface area contributed by atoms with Crippen LogP contribution in [0.5, 0.6) is 11.5 Å². The molecule has 2 N–H and O–H groups in total. The molecule has 0 saturated heterocycles. The van der Waals surface area contributed by atoms with Gasteiger partial charge in [-0.25, -0.2) is 4.79 Å². The minimum Gasteiger partial charge on any atom is -0.508 e. The van der Waals surface area contributed by atoms with Gasteiger partial charge in [-0.1, -0.05) is 54.6 Å². The maximum absolute atomic E-state index is 11.8. The summed E-state index contributed by atoms with van der Waals surface area (Å²) in [5.74, 6) is 1.25. The molecule has 0 radical (unpaired) electrons. The summed E-state index contributed by atoms with van der Waals surface area (Å²) >= 11 is 0. The monoisotopic (exact) mass is 574 g/mol. The number of benzene rings is 3. The van der Waals surface area contributed by atoms with Gasteiger partial charge in [0.15, 0.2) is 0 Å². The number of nitrogens with one attached hydrogen (secondary N) is 1. The number of aromatic hydroxyl groups is 1. The summed E-state index contributed by atoms with van der Waals surface area (Å²) in [6, 6.07) is 25.3. The van der Waals surface area contributed by atoms with Gasteiger partial charge in [0.05, 0.1) is 6.61 Å². The van der Waals surface area contributed by atoms with Crippen LogP contribution < -0.4 is 10.1 Å². The van der Waals surface area contributed by atoms with Crippen molar-refractivity contribution in [3.8, 4) is 11.5 Å². The highest BCUT2D eigenvalue weighted by atomic mass is 16.6. The van der Waals surface area contributed by atoms with Crippen LogP contribution in [0, 0.1) is 0 Å². The molecule has 0 saturated carbocycles. The zero-order valence-corrected chi connectivity index (χ0v) is 26.5. The SMILES string of the molecule is CC(C)N(CC[C@H](c1ccccc1)c1cc(CCOc2ccc(CCNC(=O)OC(C)(C)C)cc2)ccc1O)C(C)C. The lowest BCUT2D eigenvalue weighted by Crippen LogP contribution is -2.38. The normalized spacial score (nSPS) is 12.5. The Kier molecular flexibility index (Phi) is 12.3. The number of carbonyl (C=O) groups is 1. The van der Waals surface area contributed by atoms with Crippen molar-refractivity contribution >= 4 is 6.09 Å². The molecule has 0 aliphatic carbocycles. The summed E-state index contributed by atoms with van der Waals surface area (Å²) in [6.45, 7) is 16.5. The Hall–Kier alpha value is -3.51. The summed E-state index contributed by atoms with van der Waals surface area (Å²) in [7, 11) is 0. The van der Waals surface area contributed by atoms with Crippen LogP contribution in [0.25, 0.3) is 0 Å². The van der Waals surface area contributed by atoms with Crippen LogP contribution in [0.4, 0.5) is 4.79 Å². The zero-order valence-electron chi connectivity index (χ0n) is 26.5. The number of rotatable bonds is 14. The maximum atomic E-state index is 11.8. The van der Waals surface area contributed by atoms with Crippen molar-refractivity contribution in [3.63, 3.8) is 0 Å². The summed E-state index contributed by atoms with van der Waals surface area (Å²) in [5, 5.41) is 13.7. The zero-order chi connectivity index (χ0) is 30.7. The van der Waals surface area contributed by atoms with E-state index >= 15 is 0 Å². The van der Waals surface area contributed by atoms with Crippen LogP contribution in [0.15, 0.2) is 72.8 Å². The van der Waals surface area contributed by atoms with Crippen LogP contribution in [0.1, 0.15) is 83.1 Å². The van der Waals surface area contributed by atoms with E-state index in [4.69, 9.17) is 9.47 Å². The fraction of sp³-hybridized carbons (Fsp3) is 0.472. The number of amides is 1. The summed E-state index contributed by atoms with van der Waals surface area (Å²) < 4.78 is 11.3. The van der Waals surface area contributed by atoms with Crippen LogP contribution in [0.2, 0.25) is 0 Å². The minimum atomic E-state index is -0.503. The van der Waals surface area contributed by atoms with Crippen LogP contribution in [-0.4, -0.2) is 53.5 Å².